The first-order valence-corrected chi connectivity index (χ1v) is 9.22. The average molecular weight is 374 g/mol. The number of fused-ring (bicyclic) bond motifs is 2. The number of carboxylic acid groups (broad SMARTS) is 1. The predicted molar refractivity (Wildman–Crippen MR) is 107 cm³/mol. The Balaban J connectivity index is 1.55. The van der Waals surface area contributed by atoms with Gasteiger partial charge in [0.25, 0.3) is 0 Å². The minimum absolute atomic E-state index is 0.113. The van der Waals surface area contributed by atoms with Crippen LogP contribution in [0.2, 0.25) is 0 Å². The van der Waals surface area contributed by atoms with E-state index in [0.717, 1.165) is 22.6 Å². The number of para-hydroxylation sites is 1. The third-order valence-corrected chi connectivity index (χ3v) is 5.38. The molecule has 0 saturated carbocycles. The van der Waals surface area contributed by atoms with E-state index < -0.39 is 5.97 Å². The van der Waals surface area contributed by atoms with Crippen molar-refractivity contribution in [2.75, 3.05) is 10.7 Å². The Kier molecular flexibility index (Phi) is 4.56. The molecule has 0 unspecified atom stereocenters. The van der Waals surface area contributed by atoms with Gasteiger partial charge in [-0.25, -0.2) is 0 Å². The van der Waals surface area contributed by atoms with Crippen LogP contribution in [0.15, 0.2) is 81.6 Å². The van der Waals surface area contributed by atoms with Gasteiger partial charge in [-0.2, -0.15) is 5.10 Å². The molecule has 3 aromatic carbocycles. The minimum atomic E-state index is -1.21. The lowest BCUT2D eigenvalue weighted by molar-refractivity contribution is -0.255. The molecule has 6 heteroatoms. The summed E-state index contributed by atoms with van der Waals surface area (Å²) in [6, 6.07) is 20.8. The third kappa shape index (κ3) is 3.66. The number of hydrogen-bond acceptors (Lipinski definition) is 6. The van der Waals surface area contributed by atoms with Crippen molar-refractivity contribution in [2.45, 2.75) is 16.7 Å². The topological polar surface area (TPSA) is 76.5 Å². The van der Waals surface area contributed by atoms with Crippen LogP contribution in [-0.4, -0.2) is 11.7 Å². The average Bonchev–Trinajstić information content (AvgIpc) is 2.70. The van der Waals surface area contributed by atoms with E-state index in [1.807, 2.05) is 25.1 Å². The molecule has 0 saturated heterocycles. The Labute approximate surface area is 161 Å². The second-order valence-corrected chi connectivity index (χ2v) is 7.20. The van der Waals surface area contributed by atoms with Gasteiger partial charge in [-0.15, -0.1) is 0 Å². The van der Waals surface area contributed by atoms with E-state index in [1.54, 1.807) is 23.9 Å². The van der Waals surface area contributed by atoms with Gasteiger partial charge < -0.3 is 15.2 Å². The second kappa shape index (κ2) is 7.17. The van der Waals surface area contributed by atoms with Gasteiger partial charge in [0.2, 0.25) is 0 Å². The summed E-state index contributed by atoms with van der Waals surface area (Å²) in [7, 11) is 0. The van der Waals surface area contributed by atoms with E-state index in [0.29, 0.717) is 5.69 Å². The molecule has 0 aliphatic carbocycles. The molecule has 0 amide bonds. The highest BCUT2D eigenvalue weighted by molar-refractivity contribution is 7.99. The summed E-state index contributed by atoms with van der Waals surface area (Å²) in [5, 5.41) is 18.8. The van der Waals surface area contributed by atoms with Crippen LogP contribution in [0.4, 0.5) is 17.1 Å². The van der Waals surface area contributed by atoms with Crippen LogP contribution in [0.25, 0.3) is 0 Å². The second-order valence-electron chi connectivity index (χ2n) is 6.11. The van der Waals surface area contributed by atoms with E-state index in [4.69, 9.17) is 0 Å². The van der Waals surface area contributed by atoms with Crippen LogP contribution in [0.3, 0.4) is 0 Å². The first-order valence-electron chi connectivity index (χ1n) is 8.40. The molecule has 0 spiro atoms. The molecular formula is C21H16N3O2S-. The molecule has 0 fully saturated rings. The van der Waals surface area contributed by atoms with Crippen LogP contribution in [0, 0.1) is 0 Å². The molecule has 2 N–H and O–H groups in total. The zero-order valence-electron chi connectivity index (χ0n) is 14.5. The Hall–Kier alpha value is -3.25. The van der Waals surface area contributed by atoms with E-state index in [9.17, 15) is 9.90 Å². The molecule has 134 valence electrons. The number of nitrogens with one attached hydrogen (secondary N) is 2. The lowest BCUT2D eigenvalue weighted by Gasteiger charge is -2.21. The summed E-state index contributed by atoms with van der Waals surface area (Å²) in [5.74, 6) is -1.21. The molecule has 5 nitrogen and oxygen atoms in total. The number of hydrogen-bond donors (Lipinski definition) is 2. The van der Waals surface area contributed by atoms with Gasteiger partial charge in [-0.05, 0) is 54.4 Å². The van der Waals surface area contributed by atoms with E-state index in [-0.39, 0.29) is 5.56 Å². The largest absolute Gasteiger partial charge is 0.545 e. The number of nitrogens with zero attached hydrogens (tertiary/aromatic N) is 1. The highest BCUT2D eigenvalue weighted by Crippen LogP contribution is 2.44. The lowest BCUT2D eigenvalue weighted by atomic mass is 10.1. The number of carbonyl (C=O) groups is 1. The molecular weight excluding hydrogens is 358 g/mol. The summed E-state index contributed by atoms with van der Waals surface area (Å²) < 4.78 is 0. The van der Waals surface area contributed by atoms with Gasteiger partial charge in [0.15, 0.2) is 0 Å². The number of hydrazone groups is 1. The Bertz CT molecular complexity index is 1060. The monoisotopic (exact) mass is 374 g/mol. The molecule has 1 heterocycles. The Morgan fingerprint density at radius 1 is 0.963 bits per heavy atom. The third-order valence-electron chi connectivity index (χ3n) is 4.22. The van der Waals surface area contributed by atoms with Crippen LogP contribution >= 0.6 is 11.8 Å². The predicted octanol–water partition coefficient (Wildman–Crippen LogP) is 4.09. The van der Waals surface area contributed by atoms with Crippen molar-refractivity contribution >= 4 is 40.5 Å². The molecule has 0 atom stereocenters. The molecule has 1 aliphatic heterocycles. The zero-order chi connectivity index (χ0) is 18.8. The Morgan fingerprint density at radius 2 is 1.78 bits per heavy atom. The maximum Gasteiger partial charge on any atom is 0.0716 e. The number of carbonyl (C=O) groups excluding carboxylic acids is 1. The Morgan fingerprint density at radius 3 is 2.63 bits per heavy atom. The fraction of sp³-hybridized carbons (Fsp3) is 0.0476. The van der Waals surface area contributed by atoms with Gasteiger partial charge in [-0.3, -0.25) is 5.43 Å². The summed E-state index contributed by atoms with van der Waals surface area (Å²) >= 11 is 1.74. The number of rotatable bonds is 4. The van der Waals surface area contributed by atoms with Crippen molar-refractivity contribution in [3.8, 4) is 0 Å². The first-order chi connectivity index (χ1) is 13.1. The van der Waals surface area contributed by atoms with Gasteiger partial charge in [-0.1, -0.05) is 42.1 Å². The smallest absolute Gasteiger partial charge is 0.0716 e. The van der Waals surface area contributed by atoms with E-state index in [2.05, 4.69) is 40.1 Å². The van der Waals surface area contributed by atoms with Crippen molar-refractivity contribution in [2.24, 2.45) is 5.10 Å². The van der Waals surface area contributed by atoms with E-state index in [1.165, 1.54) is 21.9 Å². The number of anilines is 3. The highest BCUT2D eigenvalue weighted by atomic mass is 32.2. The maximum atomic E-state index is 11.0. The molecule has 1 aliphatic rings. The standard InChI is InChI=1S/C21H17N3O2S/c1-13(23-24-16-6-4-5-15(11-16)21(25)26)14-9-10-20-18(12-14)22-17-7-2-3-8-19(17)27-20/h2-12,22,24H,1H3,(H,25,26)/p-1/b23-13-. The summed E-state index contributed by atoms with van der Waals surface area (Å²) in [6.45, 7) is 1.90. The molecule has 3 aromatic rings. The fourth-order valence-corrected chi connectivity index (χ4v) is 3.76. The molecule has 0 bridgehead atoms. The van der Waals surface area contributed by atoms with Gasteiger partial charge in [0.05, 0.1) is 28.7 Å². The van der Waals surface area contributed by atoms with Crippen LogP contribution in [0.1, 0.15) is 22.8 Å². The van der Waals surface area contributed by atoms with Crippen molar-refractivity contribution in [3.63, 3.8) is 0 Å². The summed E-state index contributed by atoms with van der Waals surface area (Å²) in [5.41, 5.74) is 7.52. The first kappa shape index (κ1) is 17.2. The van der Waals surface area contributed by atoms with Crippen molar-refractivity contribution in [1.82, 2.24) is 0 Å². The maximum absolute atomic E-state index is 11.0. The van der Waals surface area contributed by atoms with Crippen molar-refractivity contribution < 1.29 is 9.90 Å². The fourth-order valence-electron chi connectivity index (χ4n) is 2.79. The summed E-state index contributed by atoms with van der Waals surface area (Å²) in [6.07, 6.45) is 0. The molecule has 0 radical (unpaired) electrons. The van der Waals surface area contributed by atoms with Crippen molar-refractivity contribution in [3.05, 3.63) is 77.9 Å². The molecule has 0 aromatic heterocycles. The summed E-state index contributed by atoms with van der Waals surface area (Å²) in [4.78, 5) is 13.3. The number of benzene rings is 3. The quantitative estimate of drug-likeness (QED) is 0.415. The van der Waals surface area contributed by atoms with Gasteiger partial charge in [0.1, 0.15) is 0 Å². The van der Waals surface area contributed by atoms with Gasteiger partial charge >= 0.3 is 0 Å². The van der Waals surface area contributed by atoms with Crippen LogP contribution in [0.5, 0.6) is 0 Å². The SMILES string of the molecule is C/C(=N/Nc1cccc(C(=O)[O-])c1)c1ccc2c(c1)Nc1ccccc1S2. The van der Waals surface area contributed by atoms with Crippen LogP contribution in [-0.2, 0) is 0 Å². The highest BCUT2D eigenvalue weighted by Gasteiger charge is 2.15. The zero-order valence-corrected chi connectivity index (χ0v) is 15.3. The van der Waals surface area contributed by atoms with Crippen LogP contribution < -0.4 is 15.8 Å². The lowest BCUT2D eigenvalue weighted by Crippen LogP contribution is -2.22. The number of carboxylic acids is 1. The van der Waals surface area contributed by atoms with E-state index >= 15 is 0 Å². The van der Waals surface area contributed by atoms with Crippen molar-refractivity contribution in [1.29, 1.82) is 0 Å². The normalized spacial score (nSPS) is 12.6. The number of aromatic carboxylic acids is 1. The van der Waals surface area contributed by atoms with Gasteiger partial charge in [0, 0.05) is 9.79 Å². The molecule has 27 heavy (non-hydrogen) atoms. The minimum Gasteiger partial charge on any atom is -0.545 e. The molecule has 4 rings (SSSR count).